The van der Waals surface area contributed by atoms with Crippen LogP contribution in [0.25, 0.3) is 21.6 Å². The van der Waals surface area contributed by atoms with Gasteiger partial charge in [-0.1, -0.05) is 35.9 Å². The molecule has 1 aliphatic heterocycles. The molecule has 0 unspecified atom stereocenters. The largest absolute Gasteiger partial charge is 0.341 e. The lowest BCUT2D eigenvalue weighted by Gasteiger charge is -2.21. The predicted octanol–water partition coefficient (Wildman–Crippen LogP) is 5.00. The normalized spacial score (nSPS) is 14.8. The summed E-state index contributed by atoms with van der Waals surface area (Å²) in [4.78, 5) is 30.9. The molecule has 0 saturated carbocycles. The average molecular weight is 452 g/mol. The van der Waals surface area contributed by atoms with Gasteiger partial charge in [0, 0.05) is 36.8 Å². The number of aromatic amines is 1. The van der Waals surface area contributed by atoms with Gasteiger partial charge in [-0.25, -0.2) is 9.97 Å². The van der Waals surface area contributed by atoms with Gasteiger partial charge in [-0.15, -0.1) is 11.3 Å². The van der Waals surface area contributed by atoms with Crippen LogP contribution < -0.4 is 4.90 Å². The van der Waals surface area contributed by atoms with E-state index in [0.717, 1.165) is 59.3 Å². The fourth-order valence-electron chi connectivity index (χ4n) is 3.90. The van der Waals surface area contributed by atoms with Gasteiger partial charge in [0.1, 0.15) is 9.88 Å². The van der Waals surface area contributed by atoms with Crippen molar-refractivity contribution in [1.29, 1.82) is 0 Å². The number of fused-ring (bicyclic) bond motifs is 1. The second-order valence-corrected chi connectivity index (χ2v) is 9.09. The first-order valence-corrected chi connectivity index (χ1v) is 11.5. The van der Waals surface area contributed by atoms with Gasteiger partial charge in [0.15, 0.2) is 0 Å². The van der Waals surface area contributed by atoms with E-state index < -0.39 is 0 Å². The van der Waals surface area contributed by atoms with Gasteiger partial charge in [-0.2, -0.15) is 0 Å². The molecule has 0 bridgehead atoms. The highest BCUT2D eigenvalue weighted by Crippen LogP contribution is 2.30. The molecule has 0 spiro atoms. The molecule has 4 aromatic rings. The number of amides is 1. The molecule has 1 N–H and O–H groups in total. The monoisotopic (exact) mass is 451 g/mol. The maximum atomic E-state index is 13.3. The molecule has 3 heterocycles. The molecule has 0 atom stereocenters. The standard InChI is InChI=1S/C23H22ClN5OS/c1-15-20(31-21(25-15)16-6-4-7-17(24)14-16)22(30)28-10-5-11-29(13-12-28)23-26-18-8-2-3-9-19(18)27-23/h2-4,6-9,14H,5,10-13H2,1H3,(H,26,27). The Labute approximate surface area is 189 Å². The molecule has 1 amide bonds. The lowest BCUT2D eigenvalue weighted by molar-refractivity contribution is 0.0771. The molecule has 1 fully saturated rings. The van der Waals surface area contributed by atoms with E-state index in [9.17, 15) is 4.79 Å². The Morgan fingerprint density at radius 1 is 1.06 bits per heavy atom. The van der Waals surface area contributed by atoms with Gasteiger partial charge < -0.3 is 14.8 Å². The van der Waals surface area contributed by atoms with Crippen LogP contribution in [0, 0.1) is 6.92 Å². The van der Waals surface area contributed by atoms with Gasteiger partial charge in [0.2, 0.25) is 5.95 Å². The number of hydrogen-bond donors (Lipinski definition) is 1. The number of imidazole rings is 1. The number of aryl methyl sites for hydroxylation is 1. The minimum Gasteiger partial charge on any atom is -0.341 e. The molecule has 0 radical (unpaired) electrons. The number of carbonyl (C=O) groups excluding carboxylic acids is 1. The summed E-state index contributed by atoms with van der Waals surface area (Å²) in [5, 5.41) is 1.48. The smallest absolute Gasteiger partial charge is 0.265 e. The van der Waals surface area contributed by atoms with E-state index in [2.05, 4.69) is 14.9 Å². The number of thiazole rings is 1. The molecule has 2 aromatic heterocycles. The Morgan fingerprint density at radius 2 is 1.94 bits per heavy atom. The van der Waals surface area contributed by atoms with Gasteiger partial charge in [-0.05, 0) is 37.6 Å². The van der Waals surface area contributed by atoms with E-state index in [1.54, 1.807) is 0 Å². The molecule has 5 rings (SSSR count). The molecule has 158 valence electrons. The fraction of sp³-hybridized carbons (Fsp3) is 0.261. The van der Waals surface area contributed by atoms with Crippen molar-refractivity contribution in [2.24, 2.45) is 0 Å². The quantitative estimate of drug-likeness (QED) is 0.476. The van der Waals surface area contributed by atoms with Gasteiger partial charge in [0.25, 0.3) is 5.91 Å². The van der Waals surface area contributed by atoms with Crippen molar-refractivity contribution in [3.05, 3.63) is 64.1 Å². The predicted molar refractivity (Wildman–Crippen MR) is 126 cm³/mol. The van der Waals surface area contributed by atoms with E-state index in [4.69, 9.17) is 16.6 Å². The minimum absolute atomic E-state index is 0.0507. The summed E-state index contributed by atoms with van der Waals surface area (Å²) in [6, 6.07) is 15.6. The number of nitrogens with one attached hydrogen (secondary N) is 1. The lowest BCUT2D eigenvalue weighted by atomic mass is 10.2. The van der Waals surface area contributed by atoms with Crippen LogP contribution >= 0.6 is 22.9 Å². The number of nitrogens with zero attached hydrogens (tertiary/aromatic N) is 4. The molecule has 2 aromatic carbocycles. The molecule has 6 nitrogen and oxygen atoms in total. The van der Waals surface area contributed by atoms with E-state index in [0.29, 0.717) is 16.4 Å². The Morgan fingerprint density at radius 3 is 2.77 bits per heavy atom. The van der Waals surface area contributed by atoms with Crippen molar-refractivity contribution in [1.82, 2.24) is 19.9 Å². The third kappa shape index (κ3) is 4.03. The first kappa shape index (κ1) is 20.0. The number of hydrogen-bond acceptors (Lipinski definition) is 5. The van der Waals surface area contributed by atoms with E-state index in [-0.39, 0.29) is 5.91 Å². The van der Waals surface area contributed by atoms with Crippen LogP contribution in [-0.4, -0.2) is 51.9 Å². The van der Waals surface area contributed by atoms with Crippen LogP contribution in [0.1, 0.15) is 21.8 Å². The Kier molecular flexibility index (Phi) is 5.38. The van der Waals surface area contributed by atoms with Crippen molar-refractivity contribution in [2.45, 2.75) is 13.3 Å². The zero-order valence-corrected chi connectivity index (χ0v) is 18.7. The third-order valence-corrected chi connectivity index (χ3v) is 6.95. The van der Waals surface area contributed by atoms with Crippen molar-refractivity contribution < 1.29 is 4.79 Å². The first-order valence-electron chi connectivity index (χ1n) is 10.3. The molecule has 8 heteroatoms. The number of rotatable bonds is 3. The maximum Gasteiger partial charge on any atom is 0.265 e. The summed E-state index contributed by atoms with van der Waals surface area (Å²) in [7, 11) is 0. The highest BCUT2D eigenvalue weighted by Gasteiger charge is 2.25. The van der Waals surface area contributed by atoms with Crippen LogP contribution in [0.5, 0.6) is 0 Å². The summed E-state index contributed by atoms with van der Waals surface area (Å²) < 4.78 is 0. The topological polar surface area (TPSA) is 65.1 Å². The maximum absolute atomic E-state index is 13.3. The number of anilines is 1. The number of H-pyrrole nitrogens is 1. The number of para-hydroxylation sites is 2. The summed E-state index contributed by atoms with van der Waals surface area (Å²) in [6.45, 7) is 4.87. The van der Waals surface area contributed by atoms with Crippen molar-refractivity contribution in [3.8, 4) is 10.6 Å². The van der Waals surface area contributed by atoms with E-state index >= 15 is 0 Å². The molecule has 1 aliphatic rings. The summed E-state index contributed by atoms with van der Waals surface area (Å²) in [5.41, 5.74) is 3.70. The minimum atomic E-state index is 0.0507. The molecule has 0 aliphatic carbocycles. The molecule has 1 saturated heterocycles. The highest BCUT2D eigenvalue weighted by molar-refractivity contribution is 7.17. The zero-order chi connectivity index (χ0) is 21.4. The second-order valence-electron chi connectivity index (χ2n) is 7.65. The molecular formula is C23H22ClN5OS. The Balaban J connectivity index is 1.32. The average Bonchev–Trinajstić information content (AvgIpc) is 3.29. The first-order chi connectivity index (χ1) is 15.1. The van der Waals surface area contributed by atoms with Crippen molar-refractivity contribution >= 4 is 45.8 Å². The van der Waals surface area contributed by atoms with Crippen molar-refractivity contribution in [2.75, 3.05) is 31.1 Å². The van der Waals surface area contributed by atoms with Crippen molar-refractivity contribution in [3.63, 3.8) is 0 Å². The number of aromatic nitrogens is 3. The number of halogens is 1. The summed E-state index contributed by atoms with van der Waals surface area (Å²) in [6.07, 6.45) is 0.891. The fourth-order valence-corrected chi connectivity index (χ4v) is 5.13. The molecule has 31 heavy (non-hydrogen) atoms. The zero-order valence-electron chi connectivity index (χ0n) is 17.1. The van der Waals surface area contributed by atoms with Gasteiger partial charge >= 0.3 is 0 Å². The van der Waals surface area contributed by atoms with Crippen LogP contribution in [-0.2, 0) is 0 Å². The lowest BCUT2D eigenvalue weighted by Crippen LogP contribution is -2.35. The number of carbonyl (C=O) groups is 1. The third-order valence-electron chi connectivity index (χ3n) is 5.52. The highest BCUT2D eigenvalue weighted by atomic mass is 35.5. The van der Waals surface area contributed by atoms with Crippen LogP contribution in [0.2, 0.25) is 5.02 Å². The Hall–Kier alpha value is -2.90. The number of benzene rings is 2. The Bertz CT molecular complexity index is 1220. The van der Waals surface area contributed by atoms with Gasteiger partial charge in [-0.3, -0.25) is 4.79 Å². The second kappa shape index (κ2) is 8.32. The van der Waals surface area contributed by atoms with Crippen LogP contribution in [0.4, 0.5) is 5.95 Å². The van der Waals surface area contributed by atoms with E-state index in [1.165, 1.54) is 11.3 Å². The van der Waals surface area contributed by atoms with E-state index in [1.807, 2.05) is 60.4 Å². The van der Waals surface area contributed by atoms with Crippen LogP contribution in [0.15, 0.2) is 48.5 Å². The summed E-state index contributed by atoms with van der Waals surface area (Å²) in [5.74, 6) is 0.919. The van der Waals surface area contributed by atoms with Crippen LogP contribution in [0.3, 0.4) is 0 Å². The summed E-state index contributed by atoms with van der Waals surface area (Å²) >= 11 is 7.56. The SMILES string of the molecule is Cc1nc(-c2cccc(Cl)c2)sc1C(=O)N1CCCN(c2nc3ccccc3[nH]2)CC1. The molecular weight excluding hydrogens is 430 g/mol. The van der Waals surface area contributed by atoms with Gasteiger partial charge in [0.05, 0.1) is 16.7 Å².